The van der Waals surface area contributed by atoms with E-state index in [0.29, 0.717) is 32.0 Å². The van der Waals surface area contributed by atoms with Crippen molar-refractivity contribution >= 4 is 62.1 Å². The predicted octanol–water partition coefficient (Wildman–Crippen LogP) is 5.94. The summed E-state index contributed by atoms with van der Waals surface area (Å²) in [4.78, 5) is 12.5. The van der Waals surface area contributed by atoms with Gasteiger partial charge in [0.1, 0.15) is 0 Å². The van der Waals surface area contributed by atoms with Crippen molar-refractivity contribution in [3.8, 4) is 0 Å². The Labute approximate surface area is 190 Å². The predicted molar refractivity (Wildman–Crippen MR) is 122 cm³/mol. The zero-order valence-corrected chi connectivity index (χ0v) is 18.8. The minimum absolute atomic E-state index is 0.0212. The van der Waals surface area contributed by atoms with Gasteiger partial charge >= 0.3 is 0 Å². The minimum atomic E-state index is -3.85. The molecule has 5 nitrogen and oxygen atoms in total. The second-order valence-electron chi connectivity index (χ2n) is 6.56. The van der Waals surface area contributed by atoms with E-state index in [0.717, 1.165) is 5.56 Å². The highest BCUT2D eigenvalue weighted by Crippen LogP contribution is 2.25. The molecule has 0 aliphatic rings. The number of hydrogen-bond acceptors (Lipinski definition) is 3. The maximum atomic E-state index is 12.7. The van der Waals surface area contributed by atoms with Gasteiger partial charge in [0.25, 0.3) is 10.0 Å². The number of benzene rings is 3. The van der Waals surface area contributed by atoms with Crippen molar-refractivity contribution in [1.29, 1.82) is 0 Å². The molecule has 30 heavy (non-hydrogen) atoms. The zero-order valence-electron chi connectivity index (χ0n) is 15.7. The SMILES string of the molecule is Cc1ccc(S(=O)(=O)Nc2ccc(Cl)cc2)cc1NC(=O)Cc1ccc(Cl)c(Cl)c1. The lowest BCUT2D eigenvalue weighted by Gasteiger charge is -2.13. The number of aryl methyl sites for hydroxylation is 1. The number of rotatable bonds is 6. The van der Waals surface area contributed by atoms with Gasteiger partial charge in [-0.1, -0.05) is 46.9 Å². The van der Waals surface area contributed by atoms with Gasteiger partial charge in [-0.2, -0.15) is 0 Å². The minimum Gasteiger partial charge on any atom is -0.326 e. The first-order valence-corrected chi connectivity index (χ1v) is 11.4. The number of carbonyl (C=O) groups excluding carboxylic acids is 1. The normalized spacial score (nSPS) is 11.2. The van der Waals surface area contributed by atoms with Crippen LogP contribution < -0.4 is 10.0 Å². The molecular weight excluding hydrogens is 467 g/mol. The summed E-state index contributed by atoms with van der Waals surface area (Å²) in [6.45, 7) is 1.78. The average molecular weight is 484 g/mol. The maximum absolute atomic E-state index is 12.7. The van der Waals surface area contributed by atoms with Crippen LogP contribution in [0.25, 0.3) is 0 Å². The molecule has 156 valence electrons. The zero-order chi connectivity index (χ0) is 21.9. The smallest absolute Gasteiger partial charge is 0.261 e. The van der Waals surface area contributed by atoms with E-state index >= 15 is 0 Å². The summed E-state index contributed by atoms with van der Waals surface area (Å²) >= 11 is 17.7. The van der Waals surface area contributed by atoms with E-state index in [1.807, 2.05) is 0 Å². The first-order valence-electron chi connectivity index (χ1n) is 8.77. The molecule has 2 N–H and O–H groups in total. The van der Waals surface area contributed by atoms with Crippen LogP contribution in [0.1, 0.15) is 11.1 Å². The fourth-order valence-corrected chi connectivity index (χ4v) is 4.20. The molecule has 0 spiro atoms. The number of halogens is 3. The largest absolute Gasteiger partial charge is 0.326 e. The van der Waals surface area contributed by atoms with Crippen LogP contribution in [-0.2, 0) is 21.2 Å². The number of sulfonamides is 1. The lowest BCUT2D eigenvalue weighted by atomic mass is 10.1. The van der Waals surface area contributed by atoms with Crippen molar-refractivity contribution in [2.45, 2.75) is 18.2 Å². The molecule has 0 unspecified atom stereocenters. The average Bonchev–Trinajstić information content (AvgIpc) is 2.68. The Balaban J connectivity index is 1.77. The molecule has 0 radical (unpaired) electrons. The summed E-state index contributed by atoms with van der Waals surface area (Å²) in [5.41, 5.74) is 2.19. The number of hydrogen-bond donors (Lipinski definition) is 2. The highest BCUT2D eigenvalue weighted by molar-refractivity contribution is 7.92. The van der Waals surface area contributed by atoms with Crippen molar-refractivity contribution < 1.29 is 13.2 Å². The Hall–Kier alpha value is -2.25. The number of amides is 1. The standard InChI is InChI=1S/C21H17Cl3N2O3S/c1-13-2-8-17(30(28,29)26-16-6-4-15(22)5-7-16)12-20(13)25-21(27)11-14-3-9-18(23)19(24)10-14/h2-10,12,26H,11H2,1H3,(H,25,27). The fraction of sp³-hybridized carbons (Fsp3) is 0.0952. The maximum Gasteiger partial charge on any atom is 0.261 e. The molecule has 3 aromatic carbocycles. The van der Waals surface area contributed by atoms with Crippen LogP contribution in [-0.4, -0.2) is 14.3 Å². The molecule has 0 heterocycles. The Kier molecular flexibility index (Phi) is 6.93. The van der Waals surface area contributed by atoms with Gasteiger partial charge in [-0.25, -0.2) is 8.42 Å². The van der Waals surface area contributed by atoms with Gasteiger partial charge in [0, 0.05) is 16.4 Å². The third-order valence-corrected chi connectivity index (χ3v) is 6.61. The Morgan fingerprint density at radius 2 is 1.60 bits per heavy atom. The number of anilines is 2. The summed E-state index contributed by atoms with van der Waals surface area (Å²) in [5.74, 6) is -0.309. The van der Waals surface area contributed by atoms with Crippen LogP contribution in [0.4, 0.5) is 11.4 Å². The van der Waals surface area contributed by atoms with E-state index in [4.69, 9.17) is 34.8 Å². The first-order chi connectivity index (χ1) is 14.1. The van der Waals surface area contributed by atoms with E-state index in [2.05, 4.69) is 10.0 Å². The molecule has 0 saturated carbocycles. The molecule has 0 aliphatic carbocycles. The first kappa shape index (κ1) is 22.4. The van der Waals surface area contributed by atoms with Crippen LogP contribution >= 0.6 is 34.8 Å². The lowest BCUT2D eigenvalue weighted by Crippen LogP contribution is -2.17. The number of nitrogens with one attached hydrogen (secondary N) is 2. The lowest BCUT2D eigenvalue weighted by molar-refractivity contribution is -0.115. The topological polar surface area (TPSA) is 75.3 Å². The molecule has 0 atom stereocenters. The molecule has 0 aliphatic heterocycles. The third kappa shape index (κ3) is 5.67. The van der Waals surface area contributed by atoms with Gasteiger partial charge in [-0.3, -0.25) is 9.52 Å². The van der Waals surface area contributed by atoms with E-state index in [9.17, 15) is 13.2 Å². The van der Waals surface area contributed by atoms with Crippen LogP contribution in [0.2, 0.25) is 15.1 Å². The van der Waals surface area contributed by atoms with Crippen molar-refractivity contribution in [2.75, 3.05) is 10.0 Å². The Morgan fingerprint density at radius 1 is 0.900 bits per heavy atom. The van der Waals surface area contributed by atoms with Crippen LogP contribution in [0.5, 0.6) is 0 Å². The Bertz CT molecular complexity index is 1200. The Morgan fingerprint density at radius 3 is 2.27 bits per heavy atom. The second-order valence-corrected chi connectivity index (χ2v) is 9.50. The van der Waals surface area contributed by atoms with E-state index in [1.165, 1.54) is 12.1 Å². The molecule has 9 heteroatoms. The van der Waals surface area contributed by atoms with E-state index < -0.39 is 10.0 Å². The molecular formula is C21H17Cl3N2O3S. The summed E-state index contributed by atoms with van der Waals surface area (Å²) in [7, 11) is -3.85. The van der Waals surface area contributed by atoms with Gasteiger partial charge < -0.3 is 5.32 Å². The highest BCUT2D eigenvalue weighted by Gasteiger charge is 2.17. The van der Waals surface area contributed by atoms with Crippen molar-refractivity contribution in [1.82, 2.24) is 0 Å². The highest BCUT2D eigenvalue weighted by atomic mass is 35.5. The van der Waals surface area contributed by atoms with Crippen molar-refractivity contribution in [3.63, 3.8) is 0 Å². The van der Waals surface area contributed by atoms with Crippen LogP contribution in [0.15, 0.2) is 65.6 Å². The fourth-order valence-electron chi connectivity index (χ4n) is 2.66. The van der Waals surface area contributed by atoms with Gasteiger partial charge in [0.05, 0.1) is 21.4 Å². The molecule has 0 bridgehead atoms. The third-order valence-electron chi connectivity index (χ3n) is 4.24. The molecule has 3 rings (SSSR count). The van der Waals surface area contributed by atoms with Crippen LogP contribution in [0, 0.1) is 6.92 Å². The summed E-state index contributed by atoms with van der Waals surface area (Å²) < 4.78 is 27.9. The van der Waals surface area contributed by atoms with Crippen LogP contribution in [0.3, 0.4) is 0 Å². The molecule has 1 amide bonds. The van der Waals surface area contributed by atoms with E-state index in [-0.39, 0.29) is 17.2 Å². The monoisotopic (exact) mass is 482 g/mol. The van der Waals surface area contributed by atoms with Gasteiger partial charge in [0.15, 0.2) is 0 Å². The molecule has 0 saturated heterocycles. The second kappa shape index (κ2) is 9.27. The summed E-state index contributed by atoms with van der Waals surface area (Å²) in [5, 5.41) is 4.02. The number of carbonyl (C=O) groups is 1. The molecule has 0 aromatic heterocycles. The summed E-state index contributed by atoms with van der Waals surface area (Å²) in [6, 6.07) is 15.8. The van der Waals surface area contributed by atoms with Crippen molar-refractivity contribution in [3.05, 3.63) is 86.9 Å². The summed E-state index contributed by atoms with van der Waals surface area (Å²) in [6.07, 6.45) is 0.0658. The quantitative estimate of drug-likeness (QED) is 0.456. The van der Waals surface area contributed by atoms with Crippen molar-refractivity contribution in [2.24, 2.45) is 0 Å². The van der Waals surface area contributed by atoms with Gasteiger partial charge in [0.2, 0.25) is 5.91 Å². The molecule has 0 fully saturated rings. The van der Waals surface area contributed by atoms with Gasteiger partial charge in [-0.15, -0.1) is 0 Å². The molecule has 3 aromatic rings. The van der Waals surface area contributed by atoms with E-state index in [1.54, 1.807) is 55.5 Å². The van der Waals surface area contributed by atoms with Gasteiger partial charge in [-0.05, 0) is 66.6 Å².